The monoisotopic (exact) mass is 268 g/mol. The molecule has 0 fully saturated rings. The van der Waals surface area contributed by atoms with E-state index in [0.29, 0.717) is 13.2 Å². The maximum atomic E-state index is 13.9. The highest BCUT2D eigenvalue weighted by molar-refractivity contribution is 5.53. The lowest BCUT2D eigenvalue weighted by Crippen LogP contribution is -2.26. The van der Waals surface area contributed by atoms with E-state index in [4.69, 9.17) is 4.74 Å². The van der Waals surface area contributed by atoms with Gasteiger partial charge in [0.25, 0.3) is 0 Å². The van der Waals surface area contributed by atoms with E-state index in [1.165, 1.54) is 6.07 Å². The normalized spacial score (nSPS) is 11.1. The highest BCUT2D eigenvalue weighted by Crippen LogP contribution is 2.22. The van der Waals surface area contributed by atoms with Gasteiger partial charge in [0.15, 0.2) is 0 Å². The van der Waals surface area contributed by atoms with E-state index in [1.54, 1.807) is 6.07 Å². The molecule has 1 aromatic rings. The molecule has 0 atom stereocenters. The van der Waals surface area contributed by atoms with Crippen LogP contribution in [0.4, 0.5) is 10.1 Å². The molecule has 108 valence electrons. The van der Waals surface area contributed by atoms with Crippen molar-refractivity contribution >= 4 is 5.69 Å². The smallest absolute Gasteiger partial charge is 0.129 e. The van der Waals surface area contributed by atoms with Gasteiger partial charge in [0.2, 0.25) is 0 Å². The molecule has 0 aromatic heterocycles. The fourth-order valence-corrected chi connectivity index (χ4v) is 1.88. The number of likely N-dealkylation sites (N-methyl/N-ethyl adjacent to an activating group) is 1. The van der Waals surface area contributed by atoms with Gasteiger partial charge in [-0.15, -0.1) is 0 Å². The molecule has 0 spiro atoms. The highest BCUT2D eigenvalue weighted by Gasteiger charge is 2.11. The topological polar surface area (TPSA) is 24.5 Å². The molecular formula is C15H25FN2O. The standard InChI is InChI=1S/C15H25FN2O/c1-5-17-11-13-14(16)7-6-8-15(13)18(4)9-10-19-12(2)3/h6-8,12,17H,5,9-11H2,1-4H3. The molecule has 0 bridgehead atoms. The molecule has 3 nitrogen and oxygen atoms in total. The van der Waals surface area contributed by atoms with Crippen molar-refractivity contribution in [3.63, 3.8) is 0 Å². The van der Waals surface area contributed by atoms with Crippen LogP contribution in [0, 0.1) is 5.82 Å². The van der Waals surface area contributed by atoms with Crippen LogP contribution in [0.3, 0.4) is 0 Å². The lowest BCUT2D eigenvalue weighted by Gasteiger charge is -2.23. The van der Waals surface area contributed by atoms with Crippen molar-refractivity contribution in [2.24, 2.45) is 0 Å². The average molecular weight is 268 g/mol. The Balaban J connectivity index is 2.71. The van der Waals surface area contributed by atoms with Crippen LogP contribution in [0.5, 0.6) is 0 Å². The maximum Gasteiger partial charge on any atom is 0.129 e. The van der Waals surface area contributed by atoms with E-state index < -0.39 is 0 Å². The van der Waals surface area contributed by atoms with E-state index in [-0.39, 0.29) is 11.9 Å². The number of anilines is 1. The van der Waals surface area contributed by atoms with Gasteiger partial charge < -0.3 is 15.0 Å². The van der Waals surface area contributed by atoms with Crippen molar-refractivity contribution in [2.45, 2.75) is 33.4 Å². The summed E-state index contributed by atoms with van der Waals surface area (Å²) < 4.78 is 19.4. The number of rotatable bonds is 8. The van der Waals surface area contributed by atoms with Crippen LogP contribution in [0.1, 0.15) is 26.3 Å². The summed E-state index contributed by atoms with van der Waals surface area (Å²) in [7, 11) is 1.97. The Kier molecular flexibility index (Phi) is 6.81. The lowest BCUT2D eigenvalue weighted by atomic mass is 10.1. The van der Waals surface area contributed by atoms with Crippen molar-refractivity contribution < 1.29 is 9.13 Å². The predicted molar refractivity (Wildman–Crippen MR) is 78.1 cm³/mol. The second-order valence-corrected chi connectivity index (χ2v) is 4.86. The highest BCUT2D eigenvalue weighted by atomic mass is 19.1. The van der Waals surface area contributed by atoms with E-state index in [1.807, 2.05) is 38.8 Å². The van der Waals surface area contributed by atoms with Crippen molar-refractivity contribution in [1.29, 1.82) is 0 Å². The number of nitrogens with zero attached hydrogens (tertiary/aromatic N) is 1. The number of halogens is 1. The summed E-state index contributed by atoms with van der Waals surface area (Å²) in [5, 5.41) is 3.18. The molecule has 0 aliphatic rings. The number of nitrogens with one attached hydrogen (secondary N) is 1. The van der Waals surface area contributed by atoms with Gasteiger partial charge in [-0.05, 0) is 32.5 Å². The predicted octanol–water partition coefficient (Wildman–Crippen LogP) is 2.80. The van der Waals surface area contributed by atoms with E-state index in [0.717, 1.165) is 24.3 Å². The molecule has 1 N–H and O–H groups in total. The first kappa shape index (κ1) is 15.9. The van der Waals surface area contributed by atoms with Crippen LogP contribution in [0.2, 0.25) is 0 Å². The molecule has 0 heterocycles. The molecule has 19 heavy (non-hydrogen) atoms. The van der Waals surface area contributed by atoms with Gasteiger partial charge in [0, 0.05) is 31.4 Å². The summed E-state index contributed by atoms with van der Waals surface area (Å²) in [6.45, 7) is 8.81. The van der Waals surface area contributed by atoms with Gasteiger partial charge in [-0.25, -0.2) is 4.39 Å². The minimum absolute atomic E-state index is 0.157. The lowest BCUT2D eigenvalue weighted by molar-refractivity contribution is 0.0846. The number of hydrogen-bond acceptors (Lipinski definition) is 3. The zero-order valence-electron chi connectivity index (χ0n) is 12.4. The molecule has 0 aliphatic carbocycles. The third kappa shape index (κ3) is 5.17. The van der Waals surface area contributed by atoms with Crippen LogP contribution in [-0.4, -0.2) is 32.8 Å². The first-order chi connectivity index (χ1) is 9.06. The maximum absolute atomic E-state index is 13.9. The Morgan fingerprint density at radius 2 is 2.11 bits per heavy atom. The summed E-state index contributed by atoms with van der Waals surface area (Å²) >= 11 is 0. The minimum Gasteiger partial charge on any atom is -0.377 e. The van der Waals surface area contributed by atoms with Crippen molar-refractivity contribution in [1.82, 2.24) is 5.32 Å². The fourth-order valence-electron chi connectivity index (χ4n) is 1.88. The molecule has 1 rings (SSSR count). The van der Waals surface area contributed by atoms with Crippen molar-refractivity contribution in [3.05, 3.63) is 29.6 Å². The SMILES string of the molecule is CCNCc1c(F)cccc1N(C)CCOC(C)C. The third-order valence-electron chi connectivity index (χ3n) is 2.94. The molecule has 0 radical (unpaired) electrons. The van der Waals surface area contributed by atoms with E-state index >= 15 is 0 Å². The Morgan fingerprint density at radius 3 is 2.74 bits per heavy atom. The Morgan fingerprint density at radius 1 is 1.37 bits per heavy atom. The van der Waals surface area contributed by atoms with Gasteiger partial charge in [0.05, 0.1) is 12.7 Å². The Bertz CT molecular complexity index is 382. The first-order valence-corrected chi connectivity index (χ1v) is 6.87. The van der Waals surface area contributed by atoms with Crippen molar-refractivity contribution in [3.8, 4) is 0 Å². The molecule has 4 heteroatoms. The van der Waals surface area contributed by atoms with Gasteiger partial charge in [-0.1, -0.05) is 13.0 Å². The fraction of sp³-hybridized carbons (Fsp3) is 0.600. The van der Waals surface area contributed by atoms with Crippen molar-refractivity contribution in [2.75, 3.05) is 31.6 Å². The largest absolute Gasteiger partial charge is 0.377 e. The quantitative estimate of drug-likeness (QED) is 0.784. The number of hydrogen-bond donors (Lipinski definition) is 1. The van der Waals surface area contributed by atoms with Gasteiger partial charge in [-0.3, -0.25) is 0 Å². The third-order valence-corrected chi connectivity index (χ3v) is 2.94. The first-order valence-electron chi connectivity index (χ1n) is 6.87. The summed E-state index contributed by atoms with van der Waals surface area (Å²) in [5.41, 5.74) is 1.64. The zero-order valence-corrected chi connectivity index (χ0v) is 12.4. The minimum atomic E-state index is -0.157. The van der Waals surface area contributed by atoms with Crippen LogP contribution in [-0.2, 0) is 11.3 Å². The zero-order chi connectivity index (χ0) is 14.3. The van der Waals surface area contributed by atoms with E-state index in [9.17, 15) is 4.39 Å². The molecule has 0 saturated heterocycles. The summed E-state index contributed by atoms with van der Waals surface area (Å²) in [5.74, 6) is -0.157. The van der Waals surface area contributed by atoms with Crippen LogP contribution < -0.4 is 10.2 Å². The van der Waals surface area contributed by atoms with Crippen LogP contribution in [0.25, 0.3) is 0 Å². The second-order valence-electron chi connectivity index (χ2n) is 4.86. The Labute approximate surface area is 115 Å². The van der Waals surface area contributed by atoms with E-state index in [2.05, 4.69) is 5.32 Å². The van der Waals surface area contributed by atoms with Gasteiger partial charge in [0.1, 0.15) is 5.82 Å². The van der Waals surface area contributed by atoms with Gasteiger partial charge in [-0.2, -0.15) is 0 Å². The molecule has 1 aromatic carbocycles. The summed E-state index contributed by atoms with van der Waals surface area (Å²) in [6.07, 6.45) is 0.224. The second kappa shape index (κ2) is 8.12. The number of benzene rings is 1. The average Bonchev–Trinajstić information content (AvgIpc) is 2.36. The molecular weight excluding hydrogens is 243 g/mol. The van der Waals surface area contributed by atoms with Crippen LogP contribution in [0.15, 0.2) is 18.2 Å². The molecule has 0 aliphatic heterocycles. The van der Waals surface area contributed by atoms with Crippen LogP contribution >= 0.6 is 0 Å². The Hall–Kier alpha value is -1.13. The molecule has 0 amide bonds. The molecule has 0 saturated carbocycles. The molecule has 0 unspecified atom stereocenters. The summed E-state index contributed by atoms with van der Waals surface area (Å²) in [6, 6.07) is 5.21. The number of ether oxygens (including phenoxy) is 1. The van der Waals surface area contributed by atoms with Gasteiger partial charge >= 0.3 is 0 Å². The summed E-state index contributed by atoms with van der Waals surface area (Å²) in [4.78, 5) is 2.04.